The molecule has 0 fully saturated rings. The Morgan fingerprint density at radius 1 is 1.50 bits per heavy atom. The summed E-state index contributed by atoms with van der Waals surface area (Å²) in [7, 11) is 0. The molecule has 0 unspecified atom stereocenters. The number of aliphatic hydroxyl groups excluding tert-OH is 1. The van der Waals surface area contributed by atoms with E-state index in [1.165, 1.54) is 0 Å². The van der Waals surface area contributed by atoms with E-state index in [1.807, 2.05) is 0 Å². The van der Waals surface area contributed by atoms with E-state index in [1.54, 1.807) is 6.92 Å². The molecule has 0 spiro atoms. The van der Waals surface area contributed by atoms with Gasteiger partial charge in [0.15, 0.2) is 0 Å². The van der Waals surface area contributed by atoms with Crippen LogP contribution >= 0.6 is 0 Å². The van der Waals surface area contributed by atoms with Gasteiger partial charge in [0, 0.05) is 0 Å². The zero-order chi connectivity index (χ0) is 5.41. The Morgan fingerprint density at radius 3 is 1.50 bits per heavy atom. The first kappa shape index (κ1) is 9.90. The summed E-state index contributed by atoms with van der Waals surface area (Å²) in [5.41, 5.74) is 0. The molecule has 6 heavy (non-hydrogen) atoms. The summed E-state index contributed by atoms with van der Waals surface area (Å²) in [5.74, 6) is 0. The Kier molecular flexibility index (Phi) is 28.3. The molecule has 1 N–H and O–H groups in total. The molecule has 2 heteroatoms. The quantitative estimate of drug-likeness (QED) is 0.576. The third-order valence-electron chi connectivity index (χ3n) is 0. The van der Waals surface area contributed by atoms with Crippen molar-refractivity contribution in [2.75, 3.05) is 0 Å². The van der Waals surface area contributed by atoms with Crippen LogP contribution in [0.5, 0.6) is 0 Å². The first-order valence-electron chi connectivity index (χ1n) is 1.84. The second-order valence-corrected chi connectivity index (χ2v) is 3.61. The van der Waals surface area contributed by atoms with E-state index in [4.69, 9.17) is 5.11 Å². The van der Waals surface area contributed by atoms with E-state index in [0.29, 0.717) is 0 Å². The molecule has 0 saturated heterocycles. The Hall–Kier alpha value is 0.759. The summed E-state index contributed by atoms with van der Waals surface area (Å²) in [6.07, 6.45) is 0. The summed E-state index contributed by atoms with van der Waals surface area (Å²) in [6, 6.07) is 0. The van der Waals surface area contributed by atoms with Gasteiger partial charge in [-0.1, -0.05) is 0 Å². The summed E-state index contributed by atoms with van der Waals surface area (Å²) < 4.78 is 0. The zero-order valence-corrected chi connectivity index (χ0v) is 7.38. The van der Waals surface area contributed by atoms with Gasteiger partial charge in [-0.15, -0.1) is 0 Å². The predicted octanol–water partition coefficient (Wildman–Crippen LogP) is 1.33. The number of rotatable bonds is 0. The fourth-order valence-electron chi connectivity index (χ4n) is 0. The Balaban J connectivity index is 0. The molecule has 0 bridgehead atoms. The molecule has 37 valence electrons. The maximum atomic E-state index is 7.44. The third-order valence-corrected chi connectivity index (χ3v) is 0. The van der Waals surface area contributed by atoms with Crippen LogP contribution in [-0.4, -0.2) is 26.2 Å². The van der Waals surface area contributed by atoms with Gasteiger partial charge in [0.25, 0.3) is 0 Å². The number of hydrogen-bond donors (Lipinski definition) is 1. The Labute approximate surface area is 50.0 Å². The van der Waals surface area contributed by atoms with Crippen molar-refractivity contribution >= 4 is 21.1 Å². The van der Waals surface area contributed by atoms with Crippen molar-refractivity contribution in [2.45, 2.75) is 16.8 Å². The minimum absolute atomic E-state index is 0.230. The van der Waals surface area contributed by atoms with Gasteiger partial charge in [0.2, 0.25) is 0 Å². The monoisotopic (exact) mass is 195 g/mol. The van der Waals surface area contributed by atoms with E-state index in [2.05, 4.69) is 9.88 Å². The average Bonchev–Trinajstić information content (AvgIpc) is 1.39. The van der Waals surface area contributed by atoms with Gasteiger partial charge in [0.1, 0.15) is 0 Å². The topological polar surface area (TPSA) is 20.2 Å². The molecule has 0 heterocycles. The van der Waals surface area contributed by atoms with Gasteiger partial charge in [-0.25, -0.2) is 0 Å². The third kappa shape index (κ3) is 117. The first-order chi connectivity index (χ1) is 2.83. The van der Waals surface area contributed by atoms with E-state index < -0.39 is 0 Å². The average molecular weight is 194 g/mol. The van der Waals surface area contributed by atoms with Crippen molar-refractivity contribution in [3.05, 3.63) is 6.61 Å². The van der Waals surface area contributed by atoms with Crippen molar-refractivity contribution in [2.24, 2.45) is 0 Å². The molecule has 0 aromatic rings. The molecule has 0 amide bonds. The normalized spacial score (nSPS) is 6.00. The second kappa shape index (κ2) is 17.1. The van der Waals surface area contributed by atoms with Crippen LogP contribution in [0.2, 0.25) is 9.88 Å². The summed E-state index contributed by atoms with van der Waals surface area (Å²) >= 11 is 0.230. The van der Waals surface area contributed by atoms with Crippen LogP contribution in [0.1, 0.15) is 6.92 Å². The standard InChI is InChI=1S/C2H5O.2CH3.Sn/c1-2-3;;;/h2-3H,1H3;2*1H3;. The van der Waals surface area contributed by atoms with Crippen molar-refractivity contribution in [3.8, 4) is 0 Å². The fraction of sp³-hybridized carbons (Fsp3) is 0.750. The van der Waals surface area contributed by atoms with E-state index in [-0.39, 0.29) is 21.1 Å². The van der Waals surface area contributed by atoms with E-state index >= 15 is 0 Å². The molecule has 3 radical (unpaired) electrons. The van der Waals surface area contributed by atoms with Gasteiger partial charge >= 0.3 is 31.0 Å². The molecule has 0 aliphatic carbocycles. The van der Waals surface area contributed by atoms with Gasteiger partial charge in [-0.05, 0) is 6.92 Å². The van der Waals surface area contributed by atoms with Gasteiger partial charge < -0.3 is 5.11 Å². The molecule has 0 aliphatic rings. The van der Waals surface area contributed by atoms with E-state index in [9.17, 15) is 0 Å². The summed E-state index contributed by atoms with van der Waals surface area (Å²) in [6.45, 7) is 2.56. The molecule has 0 rings (SSSR count). The van der Waals surface area contributed by atoms with Crippen LogP contribution in [0, 0.1) is 6.61 Å². The zero-order valence-electron chi connectivity index (χ0n) is 4.52. The van der Waals surface area contributed by atoms with Crippen LogP contribution in [0.4, 0.5) is 0 Å². The van der Waals surface area contributed by atoms with Gasteiger partial charge in [-0.2, -0.15) is 0 Å². The Bertz CT molecular complexity index is 9.51. The Morgan fingerprint density at radius 2 is 1.50 bits per heavy atom. The van der Waals surface area contributed by atoms with Gasteiger partial charge in [0.05, 0.1) is 6.61 Å². The van der Waals surface area contributed by atoms with Crippen LogP contribution in [-0.2, 0) is 0 Å². The van der Waals surface area contributed by atoms with Crippen molar-refractivity contribution in [3.63, 3.8) is 0 Å². The molecule has 0 aromatic heterocycles. The van der Waals surface area contributed by atoms with Gasteiger partial charge in [-0.3, -0.25) is 0 Å². The predicted molar refractivity (Wildman–Crippen MR) is 29.4 cm³/mol. The van der Waals surface area contributed by atoms with Crippen molar-refractivity contribution in [1.82, 2.24) is 0 Å². The molecular formula is C4H11OSn. The molecular weight excluding hydrogens is 183 g/mol. The second-order valence-electron chi connectivity index (χ2n) is 0.758. The first-order valence-corrected chi connectivity index (χ1v) is 7.54. The number of aliphatic hydroxyl groups is 1. The van der Waals surface area contributed by atoms with Crippen molar-refractivity contribution < 1.29 is 5.11 Å². The van der Waals surface area contributed by atoms with E-state index in [0.717, 1.165) is 6.61 Å². The summed E-state index contributed by atoms with van der Waals surface area (Å²) in [5, 5.41) is 7.44. The molecule has 0 atom stereocenters. The van der Waals surface area contributed by atoms with Crippen LogP contribution in [0.15, 0.2) is 0 Å². The van der Waals surface area contributed by atoms with Crippen LogP contribution < -0.4 is 0 Å². The summed E-state index contributed by atoms with van der Waals surface area (Å²) in [4.78, 5) is 4.59. The molecule has 0 aliphatic heterocycles. The maximum absolute atomic E-state index is 7.44. The molecule has 1 nitrogen and oxygen atoms in total. The van der Waals surface area contributed by atoms with Crippen LogP contribution in [0.25, 0.3) is 0 Å². The SMILES string of the molecule is C[CH]O.[CH3][Sn][CH3]. The molecule has 0 aromatic carbocycles. The number of hydrogen-bond acceptors (Lipinski definition) is 1. The van der Waals surface area contributed by atoms with Crippen molar-refractivity contribution in [1.29, 1.82) is 0 Å². The molecule has 0 saturated carbocycles. The minimum atomic E-state index is 0.230. The van der Waals surface area contributed by atoms with Crippen LogP contribution in [0.3, 0.4) is 0 Å². The fourth-order valence-corrected chi connectivity index (χ4v) is 0.